The molecule has 3 aromatic rings. The normalized spacial score (nSPS) is 14.8. The molecule has 1 aliphatic rings. The molecular formula is C30H31ClN6O2S. The minimum atomic E-state index is -0.595. The Labute approximate surface area is 242 Å². The highest BCUT2D eigenvalue weighted by Crippen LogP contribution is 2.20. The summed E-state index contributed by atoms with van der Waals surface area (Å²) in [5.41, 5.74) is 2.87. The number of hydrogen-bond acceptors (Lipinski definition) is 7. The molecule has 40 heavy (non-hydrogen) atoms. The first kappa shape index (κ1) is 29.0. The highest BCUT2D eigenvalue weighted by Gasteiger charge is 2.17. The smallest absolute Gasteiger partial charge is 0.270 e. The van der Waals surface area contributed by atoms with E-state index in [-0.39, 0.29) is 17.7 Å². The standard InChI is InChI=1S/C30H31ClN6O2S/c1-3-13-33-28(38)26(20-32)30-37(4-2)29(39)27(40-30)21-34-24-7-5-6-22(19-24)12-14-35-15-17-36(18-16-35)25-10-8-23(31)9-11-25/h1,5-11,19,21,34H,4,12-18H2,2H3,(H,33,38). The largest absolute Gasteiger partial charge is 0.369 e. The summed E-state index contributed by atoms with van der Waals surface area (Å²) in [4.78, 5) is 30.2. The lowest BCUT2D eigenvalue weighted by Gasteiger charge is -2.36. The highest BCUT2D eigenvalue weighted by molar-refractivity contribution is 7.07. The SMILES string of the molecule is C#CCNC(=O)C(C#N)=c1sc(=CNc2cccc(CCN3CCN(c4ccc(Cl)cc4)CC3)c2)c(=O)n1CC. The number of terminal acetylenes is 1. The van der Waals surface area contributed by atoms with Crippen LogP contribution in [0.5, 0.6) is 0 Å². The summed E-state index contributed by atoms with van der Waals surface area (Å²) < 4.78 is 2.13. The molecule has 10 heteroatoms. The zero-order valence-electron chi connectivity index (χ0n) is 22.3. The number of anilines is 2. The fourth-order valence-electron chi connectivity index (χ4n) is 4.54. The molecule has 2 aromatic carbocycles. The van der Waals surface area contributed by atoms with E-state index >= 15 is 0 Å². The van der Waals surface area contributed by atoms with Gasteiger partial charge in [-0.1, -0.05) is 29.7 Å². The van der Waals surface area contributed by atoms with Crippen molar-refractivity contribution in [3.8, 4) is 18.4 Å². The number of halogens is 1. The van der Waals surface area contributed by atoms with Gasteiger partial charge in [-0.3, -0.25) is 19.1 Å². The molecule has 4 rings (SSSR count). The van der Waals surface area contributed by atoms with Crippen LogP contribution >= 0.6 is 22.9 Å². The van der Waals surface area contributed by atoms with E-state index < -0.39 is 5.91 Å². The summed E-state index contributed by atoms with van der Waals surface area (Å²) in [5.74, 6) is 1.71. The van der Waals surface area contributed by atoms with Crippen LogP contribution in [0, 0.1) is 23.7 Å². The minimum Gasteiger partial charge on any atom is -0.369 e. The average Bonchev–Trinajstić information content (AvgIpc) is 3.29. The molecule has 0 spiro atoms. The number of thiazole rings is 1. The van der Waals surface area contributed by atoms with Gasteiger partial charge in [0.25, 0.3) is 11.5 Å². The number of nitrogens with one attached hydrogen (secondary N) is 2. The van der Waals surface area contributed by atoms with E-state index in [9.17, 15) is 14.9 Å². The summed E-state index contributed by atoms with van der Waals surface area (Å²) in [6, 6.07) is 18.0. The van der Waals surface area contributed by atoms with E-state index in [2.05, 4.69) is 50.6 Å². The molecule has 1 aliphatic heterocycles. The maximum Gasteiger partial charge on any atom is 0.270 e. The molecule has 1 fully saturated rings. The van der Waals surface area contributed by atoms with Gasteiger partial charge in [-0.25, -0.2) is 0 Å². The van der Waals surface area contributed by atoms with E-state index in [1.807, 2.05) is 30.3 Å². The average molecular weight is 575 g/mol. The lowest BCUT2D eigenvalue weighted by Crippen LogP contribution is -2.46. The van der Waals surface area contributed by atoms with Gasteiger partial charge in [-0.15, -0.1) is 17.8 Å². The second-order valence-corrected chi connectivity index (χ2v) is 10.7. The Morgan fingerprint density at radius 2 is 1.93 bits per heavy atom. The fourth-order valence-corrected chi connectivity index (χ4v) is 5.75. The number of carbonyl (C=O) groups excluding carboxylic acids is 1. The van der Waals surface area contributed by atoms with Gasteiger partial charge < -0.3 is 15.5 Å². The molecule has 0 radical (unpaired) electrons. The van der Waals surface area contributed by atoms with Gasteiger partial charge in [-0.05, 0) is 55.3 Å². The zero-order chi connectivity index (χ0) is 28.5. The molecule has 0 unspecified atom stereocenters. The van der Waals surface area contributed by atoms with Crippen molar-refractivity contribution in [2.45, 2.75) is 19.9 Å². The number of piperazine rings is 1. The van der Waals surface area contributed by atoms with E-state index in [0.29, 0.717) is 15.7 Å². The summed E-state index contributed by atoms with van der Waals surface area (Å²) in [7, 11) is 0. The number of carbonyl (C=O) groups is 1. The molecule has 0 atom stereocenters. The molecule has 1 saturated heterocycles. The van der Waals surface area contributed by atoms with Crippen LogP contribution in [0.3, 0.4) is 0 Å². The molecular weight excluding hydrogens is 544 g/mol. The number of nitriles is 1. The Hall–Kier alpha value is -4.02. The number of rotatable bonds is 9. The minimum absolute atomic E-state index is 0.00222. The third kappa shape index (κ3) is 7.13. The van der Waals surface area contributed by atoms with Crippen molar-refractivity contribution in [2.24, 2.45) is 0 Å². The molecule has 0 aliphatic carbocycles. The zero-order valence-corrected chi connectivity index (χ0v) is 23.9. The lowest BCUT2D eigenvalue weighted by atomic mass is 10.1. The number of nitrogens with zero attached hydrogens (tertiary/aromatic N) is 4. The Bertz CT molecular complexity index is 1610. The van der Waals surface area contributed by atoms with Crippen molar-refractivity contribution in [3.05, 3.63) is 78.7 Å². The molecule has 2 N–H and O–H groups in total. The van der Waals surface area contributed by atoms with Gasteiger partial charge in [0.1, 0.15) is 15.3 Å². The van der Waals surface area contributed by atoms with Crippen molar-refractivity contribution in [1.29, 1.82) is 5.26 Å². The topological polar surface area (TPSA) is 93.4 Å². The molecule has 0 saturated carbocycles. The number of hydrogen-bond donors (Lipinski definition) is 2. The van der Waals surface area contributed by atoms with Crippen molar-refractivity contribution >= 4 is 52.0 Å². The van der Waals surface area contributed by atoms with Crippen LogP contribution < -0.4 is 30.3 Å². The highest BCUT2D eigenvalue weighted by atomic mass is 35.5. The lowest BCUT2D eigenvalue weighted by molar-refractivity contribution is -0.115. The molecule has 0 bridgehead atoms. The van der Waals surface area contributed by atoms with Gasteiger partial charge in [0.2, 0.25) is 0 Å². The summed E-state index contributed by atoms with van der Waals surface area (Å²) in [6.07, 6.45) is 7.75. The fraction of sp³-hybridized carbons (Fsp3) is 0.300. The van der Waals surface area contributed by atoms with Gasteiger partial charge >= 0.3 is 0 Å². The first-order valence-corrected chi connectivity index (χ1v) is 14.3. The van der Waals surface area contributed by atoms with Crippen LogP contribution in [0.15, 0.2) is 53.3 Å². The maximum absolute atomic E-state index is 13.0. The molecule has 8 nitrogen and oxygen atoms in total. The second kappa shape index (κ2) is 13.9. The maximum atomic E-state index is 13.0. The Morgan fingerprint density at radius 3 is 2.60 bits per heavy atom. The van der Waals surface area contributed by atoms with Crippen molar-refractivity contribution < 1.29 is 4.79 Å². The van der Waals surface area contributed by atoms with E-state index in [1.165, 1.54) is 15.8 Å². The first-order valence-electron chi connectivity index (χ1n) is 13.1. The molecule has 1 aromatic heterocycles. The van der Waals surface area contributed by atoms with Crippen molar-refractivity contribution in [1.82, 2.24) is 14.8 Å². The van der Waals surface area contributed by atoms with Gasteiger partial charge in [-0.2, -0.15) is 5.26 Å². The van der Waals surface area contributed by atoms with Crippen molar-refractivity contribution in [3.63, 3.8) is 0 Å². The van der Waals surface area contributed by atoms with Gasteiger partial charge in [0.15, 0.2) is 5.57 Å². The molecule has 1 amide bonds. The third-order valence-corrected chi connectivity index (χ3v) is 8.09. The third-order valence-electron chi connectivity index (χ3n) is 6.71. The summed E-state index contributed by atoms with van der Waals surface area (Å²) in [5, 5.41) is 16.0. The second-order valence-electron chi connectivity index (χ2n) is 9.24. The predicted octanol–water partition coefficient (Wildman–Crippen LogP) is 2.22. The monoisotopic (exact) mass is 574 g/mol. The first-order chi connectivity index (χ1) is 19.4. The molecule has 2 heterocycles. The van der Waals surface area contributed by atoms with Crippen LogP contribution in [0.4, 0.5) is 11.4 Å². The molecule has 206 valence electrons. The number of aromatic nitrogens is 1. The number of amides is 1. The Morgan fingerprint density at radius 1 is 1.18 bits per heavy atom. The van der Waals surface area contributed by atoms with E-state index in [0.717, 1.165) is 61.2 Å². The number of benzene rings is 2. The van der Waals surface area contributed by atoms with Crippen LogP contribution in [0.1, 0.15) is 12.5 Å². The van der Waals surface area contributed by atoms with Gasteiger partial charge in [0, 0.05) is 61.9 Å². The summed E-state index contributed by atoms with van der Waals surface area (Å²) in [6.45, 7) is 7.05. The van der Waals surface area contributed by atoms with Crippen LogP contribution in [0.25, 0.3) is 11.8 Å². The van der Waals surface area contributed by atoms with E-state index in [4.69, 9.17) is 18.0 Å². The Balaban J connectivity index is 1.41. The van der Waals surface area contributed by atoms with Gasteiger partial charge in [0.05, 0.1) is 6.54 Å². The predicted molar refractivity (Wildman–Crippen MR) is 163 cm³/mol. The quantitative estimate of drug-likeness (QED) is 0.381. The Kier molecular flexibility index (Phi) is 10.0. The summed E-state index contributed by atoms with van der Waals surface area (Å²) >= 11 is 7.12. The van der Waals surface area contributed by atoms with Crippen molar-refractivity contribution in [2.75, 3.05) is 49.5 Å². The van der Waals surface area contributed by atoms with E-state index in [1.54, 1.807) is 13.1 Å². The van der Waals surface area contributed by atoms with Crippen LogP contribution in [-0.2, 0) is 17.8 Å². The van der Waals surface area contributed by atoms with Crippen LogP contribution in [0.2, 0.25) is 5.02 Å². The van der Waals surface area contributed by atoms with Crippen LogP contribution in [-0.4, -0.2) is 54.6 Å².